The largest absolute Gasteiger partial charge is 0.495 e. The average molecular weight is 237 g/mol. The molecule has 3 rings (SSSR count). The number of hydrogen-bond donors (Lipinski definition) is 1. The molecule has 1 N–H and O–H groups in total. The minimum absolute atomic E-state index is 0.842. The first-order valence-electron chi connectivity index (χ1n) is 6.06. The summed E-state index contributed by atoms with van der Waals surface area (Å²) in [7, 11) is 1.70. The average Bonchev–Trinajstić information content (AvgIpc) is 2.46. The second-order valence-corrected chi connectivity index (χ2v) is 4.30. The maximum atomic E-state index is 5.40. The molecule has 1 heterocycles. The van der Waals surface area contributed by atoms with Crippen molar-refractivity contribution in [1.82, 2.24) is 5.32 Å². The molecule has 0 atom stereocenters. The lowest BCUT2D eigenvalue weighted by Crippen LogP contribution is -2.13. The van der Waals surface area contributed by atoms with Gasteiger partial charge in [-0.2, -0.15) is 0 Å². The Morgan fingerprint density at radius 3 is 2.72 bits per heavy atom. The van der Waals surface area contributed by atoms with E-state index < -0.39 is 0 Å². The fourth-order valence-electron chi connectivity index (χ4n) is 2.28. The third-order valence-electron chi connectivity index (χ3n) is 3.20. The van der Waals surface area contributed by atoms with E-state index in [2.05, 4.69) is 53.9 Å². The third kappa shape index (κ3) is 1.86. The Balaban J connectivity index is 2.09. The van der Waals surface area contributed by atoms with Crippen molar-refractivity contribution in [2.45, 2.75) is 0 Å². The zero-order valence-electron chi connectivity index (χ0n) is 10.3. The second-order valence-electron chi connectivity index (χ2n) is 4.30. The number of ether oxygens (including phenoxy) is 1. The van der Waals surface area contributed by atoms with E-state index in [9.17, 15) is 0 Å². The SMILES string of the molecule is COC1=CNCC=C1c1ccc2ccccc2c1. The lowest BCUT2D eigenvalue weighted by molar-refractivity contribution is 0.307. The molecule has 0 spiro atoms. The van der Waals surface area contributed by atoms with Gasteiger partial charge in [0.1, 0.15) is 5.76 Å². The van der Waals surface area contributed by atoms with E-state index in [-0.39, 0.29) is 0 Å². The van der Waals surface area contributed by atoms with E-state index in [1.807, 2.05) is 6.20 Å². The van der Waals surface area contributed by atoms with Gasteiger partial charge in [-0.3, -0.25) is 0 Å². The quantitative estimate of drug-likeness (QED) is 0.865. The Morgan fingerprint density at radius 2 is 1.89 bits per heavy atom. The molecule has 0 bridgehead atoms. The van der Waals surface area contributed by atoms with Gasteiger partial charge >= 0.3 is 0 Å². The van der Waals surface area contributed by atoms with Crippen LogP contribution < -0.4 is 5.32 Å². The van der Waals surface area contributed by atoms with Crippen LogP contribution in [0.15, 0.2) is 60.5 Å². The standard InChI is InChI=1S/C16H15NO/c1-18-16-11-17-9-8-15(16)14-7-6-12-4-2-3-5-13(12)10-14/h2-8,10-11,17H,9H2,1H3. The number of hydrogen-bond acceptors (Lipinski definition) is 2. The van der Waals surface area contributed by atoms with Crippen molar-refractivity contribution in [2.75, 3.05) is 13.7 Å². The zero-order chi connectivity index (χ0) is 12.4. The molecule has 0 aliphatic carbocycles. The molecule has 0 amide bonds. The Bertz CT molecular complexity index is 640. The topological polar surface area (TPSA) is 21.3 Å². The molecule has 0 radical (unpaired) electrons. The second kappa shape index (κ2) is 4.57. The summed E-state index contributed by atoms with van der Waals surface area (Å²) < 4.78 is 5.40. The van der Waals surface area contributed by atoms with Crippen molar-refractivity contribution < 1.29 is 4.74 Å². The van der Waals surface area contributed by atoms with E-state index in [4.69, 9.17) is 4.74 Å². The fourth-order valence-corrected chi connectivity index (χ4v) is 2.28. The van der Waals surface area contributed by atoms with Crippen LogP contribution in [0.25, 0.3) is 16.3 Å². The van der Waals surface area contributed by atoms with Gasteiger partial charge in [0.15, 0.2) is 0 Å². The molecule has 0 unspecified atom stereocenters. The first-order chi connectivity index (χ1) is 8.88. The Labute approximate surface area is 107 Å². The van der Waals surface area contributed by atoms with Gasteiger partial charge in [0.2, 0.25) is 0 Å². The van der Waals surface area contributed by atoms with Crippen LogP contribution in [-0.2, 0) is 4.74 Å². The molecule has 0 saturated carbocycles. The zero-order valence-corrected chi connectivity index (χ0v) is 10.3. The lowest BCUT2D eigenvalue weighted by atomic mass is 9.99. The molecule has 1 aliphatic heterocycles. The van der Waals surface area contributed by atoms with Gasteiger partial charge in [-0.25, -0.2) is 0 Å². The smallest absolute Gasteiger partial charge is 0.142 e. The van der Waals surface area contributed by atoms with Crippen LogP contribution in [0.1, 0.15) is 5.56 Å². The maximum absolute atomic E-state index is 5.40. The Hall–Kier alpha value is -2.22. The maximum Gasteiger partial charge on any atom is 0.142 e. The molecule has 1 aliphatic rings. The number of methoxy groups -OCH3 is 1. The van der Waals surface area contributed by atoms with Crippen LogP contribution in [0, 0.1) is 0 Å². The molecule has 0 fully saturated rings. The number of benzene rings is 2. The molecule has 18 heavy (non-hydrogen) atoms. The molecule has 2 nitrogen and oxygen atoms in total. The number of allylic oxidation sites excluding steroid dienone is 1. The molecule has 2 aromatic carbocycles. The highest BCUT2D eigenvalue weighted by Crippen LogP contribution is 2.27. The highest BCUT2D eigenvalue weighted by Gasteiger charge is 2.11. The number of fused-ring (bicyclic) bond motifs is 1. The fraction of sp³-hybridized carbons (Fsp3) is 0.125. The molecule has 0 aromatic heterocycles. The summed E-state index contributed by atoms with van der Waals surface area (Å²) in [5.41, 5.74) is 2.35. The van der Waals surface area contributed by atoms with Crippen LogP contribution in [0.2, 0.25) is 0 Å². The van der Waals surface area contributed by atoms with E-state index in [0.29, 0.717) is 0 Å². The molecular formula is C16H15NO. The number of dihydropyridines is 1. The predicted octanol–water partition coefficient (Wildman–Crippen LogP) is 3.31. The van der Waals surface area contributed by atoms with Gasteiger partial charge in [-0.05, 0) is 22.4 Å². The van der Waals surface area contributed by atoms with Gasteiger partial charge in [-0.15, -0.1) is 0 Å². The summed E-state index contributed by atoms with van der Waals surface area (Å²) >= 11 is 0. The molecule has 2 heteroatoms. The number of nitrogens with one attached hydrogen (secondary N) is 1. The monoisotopic (exact) mass is 237 g/mol. The van der Waals surface area contributed by atoms with Crippen molar-refractivity contribution >= 4 is 16.3 Å². The lowest BCUT2D eigenvalue weighted by Gasteiger charge is -2.16. The van der Waals surface area contributed by atoms with Crippen LogP contribution in [0.3, 0.4) is 0 Å². The van der Waals surface area contributed by atoms with E-state index in [1.54, 1.807) is 7.11 Å². The minimum Gasteiger partial charge on any atom is -0.495 e. The first kappa shape index (κ1) is 10.9. The van der Waals surface area contributed by atoms with Gasteiger partial charge in [0.05, 0.1) is 7.11 Å². The summed E-state index contributed by atoms with van der Waals surface area (Å²) in [6, 6.07) is 14.9. The summed E-state index contributed by atoms with van der Waals surface area (Å²) in [4.78, 5) is 0. The summed E-state index contributed by atoms with van der Waals surface area (Å²) in [6.45, 7) is 0.842. The van der Waals surface area contributed by atoms with Gasteiger partial charge < -0.3 is 10.1 Å². The van der Waals surface area contributed by atoms with Crippen molar-refractivity contribution in [3.63, 3.8) is 0 Å². The first-order valence-corrected chi connectivity index (χ1v) is 6.06. The number of rotatable bonds is 2. The van der Waals surface area contributed by atoms with Crippen LogP contribution in [0.4, 0.5) is 0 Å². The van der Waals surface area contributed by atoms with Crippen molar-refractivity contribution in [1.29, 1.82) is 0 Å². The predicted molar refractivity (Wildman–Crippen MR) is 75.0 cm³/mol. The van der Waals surface area contributed by atoms with Crippen LogP contribution >= 0.6 is 0 Å². The molecule has 0 saturated heterocycles. The van der Waals surface area contributed by atoms with Crippen molar-refractivity contribution in [3.05, 3.63) is 66.1 Å². The van der Waals surface area contributed by atoms with Gasteiger partial charge in [-0.1, -0.05) is 42.5 Å². The van der Waals surface area contributed by atoms with E-state index >= 15 is 0 Å². The van der Waals surface area contributed by atoms with Crippen LogP contribution in [0.5, 0.6) is 0 Å². The van der Waals surface area contributed by atoms with Crippen molar-refractivity contribution in [2.24, 2.45) is 0 Å². The van der Waals surface area contributed by atoms with Crippen molar-refractivity contribution in [3.8, 4) is 0 Å². The Kier molecular flexibility index (Phi) is 2.77. The molecule has 2 aromatic rings. The molecular weight excluding hydrogens is 222 g/mol. The van der Waals surface area contributed by atoms with Gasteiger partial charge in [0, 0.05) is 18.3 Å². The highest BCUT2D eigenvalue weighted by atomic mass is 16.5. The minimum atomic E-state index is 0.842. The third-order valence-corrected chi connectivity index (χ3v) is 3.20. The summed E-state index contributed by atoms with van der Waals surface area (Å²) in [6.07, 6.45) is 4.08. The van der Waals surface area contributed by atoms with E-state index in [0.717, 1.165) is 17.9 Å². The summed E-state index contributed by atoms with van der Waals surface area (Å²) in [5.74, 6) is 0.886. The Morgan fingerprint density at radius 1 is 1.06 bits per heavy atom. The van der Waals surface area contributed by atoms with E-state index in [1.165, 1.54) is 16.3 Å². The highest BCUT2D eigenvalue weighted by molar-refractivity contribution is 5.88. The summed E-state index contributed by atoms with van der Waals surface area (Å²) in [5, 5.41) is 5.68. The molecule has 90 valence electrons. The van der Waals surface area contributed by atoms with Crippen LogP contribution in [-0.4, -0.2) is 13.7 Å². The van der Waals surface area contributed by atoms with Gasteiger partial charge in [0.25, 0.3) is 0 Å². The normalized spacial score (nSPS) is 14.7.